The molecule has 0 aliphatic carbocycles. The van der Waals surface area contributed by atoms with Gasteiger partial charge in [-0.3, -0.25) is 0 Å². The van der Waals surface area contributed by atoms with Crippen LogP contribution >= 0.6 is 0 Å². The number of rotatable bonds is 16. The monoisotopic (exact) mass is 1620 g/mol. The standard InChI is InChI=1S/C113H84N4O4Si2/c1-113(2,73-45-49-75(50-46-73)114(97-29-17-25-85-81-21-9-13-33-101(81)118-109(85)97)93-65-41-69-39-63-91-95(67-43-71-37-61-89(93)105(69)107(71)91)116(77-53-57-79(58-54-77)122(3,4)5)99-31-19-27-87-83-23-11-15-35-103(83)120-111(87)99)74-47-51-76(52-48-74)115(98-30-18-26-86-82-22-10-14-34-102(82)119-110(86)98)94-66-42-70-40-64-92-96(68-44-72-38-62-90(94)106(70)108(72)92)117(78-55-59-80(60-56-78)123(6,7)8)100-32-20-28-88-84-24-12-16-36-104(84)121-112(88)100/h9-68H,1-8H3. The van der Waals surface area contributed by atoms with Crippen molar-refractivity contribution < 1.29 is 17.7 Å². The van der Waals surface area contributed by atoms with Crippen LogP contribution in [0.15, 0.2) is 382 Å². The third kappa shape index (κ3) is 11.2. The summed E-state index contributed by atoms with van der Waals surface area (Å²) in [7, 11) is -3.28. The average Bonchev–Trinajstić information content (AvgIpc) is 0.777. The van der Waals surface area contributed by atoms with Gasteiger partial charge in [0.1, 0.15) is 22.3 Å². The van der Waals surface area contributed by atoms with Crippen molar-refractivity contribution in [1.82, 2.24) is 0 Å². The topological polar surface area (TPSA) is 65.5 Å². The van der Waals surface area contributed by atoms with Crippen molar-refractivity contribution in [3.05, 3.63) is 375 Å². The minimum atomic E-state index is -1.64. The summed E-state index contributed by atoms with van der Waals surface area (Å²) in [4.78, 5) is 9.71. The number of nitrogens with zero attached hydrogens (tertiary/aromatic N) is 4. The summed E-state index contributed by atoms with van der Waals surface area (Å²) in [6.45, 7) is 19.2. The molecule has 0 atom stereocenters. The van der Waals surface area contributed by atoms with Crippen LogP contribution in [0.1, 0.15) is 25.0 Å². The highest BCUT2D eigenvalue weighted by atomic mass is 28.3. The molecule has 0 unspecified atom stereocenters. The molecule has 10 heteroatoms. The highest BCUT2D eigenvalue weighted by Crippen LogP contribution is 2.55. The Balaban J connectivity index is 0.635. The summed E-state index contributed by atoms with van der Waals surface area (Å²) in [6, 6.07) is 134. The van der Waals surface area contributed by atoms with E-state index in [-0.39, 0.29) is 0 Å². The van der Waals surface area contributed by atoms with Crippen LogP contribution in [0.25, 0.3) is 152 Å². The minimum absolute atomic E-state index is 0.458. The zero-order valence-electron chi connectivity index (χ0n) is 69.6. The lowest BCUT2D eigenvalue weighted by molar-refractivity contribution is 0.641. The largest absolute Gasteiger partial charge is 0.454 e. The number of furan rings is 4. The molecule has 24 rings (SSSR count). The fraction of sp³-hybridized carbons (Fsp3) is 0.0796. The van der Waals surface area contributed by atoms with Crippen molar-refractivity contribution in [2.75, 3.05) is 19.6 Å². The summed E-state index contributed by atoms with van der Waals surface area (Å²) in [5, 5.41) is 25.5. The van der Waals surface area contributed by atoms with E-state index in [1.807, 2.05) is 0 Å². The van der Waals surface area contributed by atoms with Gasteiger partial charge >= 0.3 is 0 Å². The molecule has 0 saturated heterocycles. The first-order chi connectivity index (χ1) is 60.0. The lowest BCUT2D eigenvalue weighted by Gasteiger charge is -2.31. The van der Waals surface area contributed by atoms with Gasteiger partial charge in [-0.05, 0) is 176 Å². The smallest absolute Gasteiger partial charge is 0.159 e. The molecule has 4 aromatic heterocycles. The third-order valence-corrected chi connectivity index (χ3v) is 30.5. The molecule has 0 fully saturated rings. The molecule has 0 radical (unpaired) electrons. The van der Waals surface area contributed by atoms with E-state index in [0.29, 0.717) is 0 Å². The molecule has 0 bridgehead atoms. The van der Waals surface area contributed by atoms with Crippen LogP contribution in [0.5, 0.6) is 0 Å². The van der Waals surface area contributed by atoms with Gasteiger partial charge in [0.25, 0.3) is 0 Å². The summed E-state index contributed by atoms with van der Waals surface area (Å²) >= 11 is 0. The fourth-order valence-corrected chi connectivity index (χ4v) is 22.4. The highest BCUT2D eigenvalue weighted by molar-refractivity contribution is 6.89. The van der Waals surface area contributed by atoms with Gasteiger partial charge in [-0.1, -0.05) is 306 Å². The Hall–Kier alpha value is -14.7. The molecule has 0 amide bonds. The van der Waals surface area contributed by atoms with Gasteiger partial charge in [-0.2, -0.15) is 0 Å². The second-order valence-electron chi connectivity index (χ2n) is 35.8. The van der Waals surface area contributed by atoms with Gasteiger partial charge < -0.3 is 37.3 Å². The Labute approximate surface area is 713 Å². The highest BCUT2D eigenvalue weighted by Gasteiger charge is 2.32. The Morgan fingerprint density at radius 2 is 0.415 bits per heavy atom. The SMILES string of the molecule is CC(C)(c1ccc(N(c2ccc3ccc4c(N(c5ccc([Si](C)(C)C)cc5)c5cccc6c5oc5ccccc56)ccc5ccc2c3c54)c2cccc3c2oc2ccccc23)cc1)c1ccc(N(c2ccc3ccc4c(N(c5ccc([Si](C)(C)C)cc5)c5cccc6c5oc5ccccc56)ccc5ccc2c3c54)c2cccc3c2oc2ccccc23)cc1. The van der Waals surface area contributed by atoms with Crippen molar-refractivity contribution in [2.24, 2.45) is 0 Å². The van der Waals surface area contributed by atoms with E-state index in [9.17, 15) is 0 Å². The normalized spacial score (nSPS) is 12.6. The zero-order valence-corrected chi connectivity index (χ0v) is 71.6. The first kappa shape index (κ1) is 72.3. The number of anilines is 12. The van der Waals surface area contributed by atoms with Crippen LogP contribution in [0.4, 0.5) is 68.2 Å². The summed E-state index contributed by atoms with van der Waals surface area (Å²) in [6.07, 6.45) is 0. The first-order valence-corrected chi connectivity index (χ1v) is 49.7. The molecule has 0 N–H and O–H groups in total. The Morgan fingerprint density at radius 1 is 0.195 bits per heavy atom. The van der Waals surface area contributed by atoms with Crippen LogP contribution in [0.3, 0.4) is 0 Å². The van der Waals surface area contributed by atoms with E-state index in [1.165, 1.54) is 53.8 Å². The van der Waals surface area contributed by atoms with Crippen LogP contribution in [0, 0.1) is 0 Å². The predicted octanol–water partition coefficient (Wildman–Crippen LogP) is 32.4. The molecule has 4 heterocycles. The van der Waals surface area contributed by atoms with Gasteiger partial charge in [-0.25, -0.2) is 0 Å². The molecule has 0 aliphatic heterocycles. The molecule has 0 spiro atoms. The maximum Gasteiger partial charge on any atom is 0.159 e. The number of fused-ring (bicyclic) bond motifs is 12. The third-order valence-electron chi connectivity index (χ3n) is 26.4. The van der Waals surface area contributed by atoms with Crippen molar-refractivity contribution in [1.29, 1.82) is 0 Å². The van der Waals surface area contributed by atoms with Gasteiger partial charge in [0.2, 0.25) is 0 Å². The summed E-state index contributed by atoms with van der Waals surface area (Å²) in [5.74, 6) is 0. The van der Waals surface area contributed by atoms with Gasteiger partial charge in [0.05, 0.1) is 61.6 Å². The van der Waals surface area contributed by atoms with Gasteiger partial charge in [0, 0.05) is 92.8 Å². The Bertz CT molecular complexity index is 7900. The predicted molar refractivity (Wildman–Crippen MR) is 526 cm³/mol. The minimum Gasteiger partial charge on any atom is -0.454 e. The molecule has 8 nitrogen and oxygen atoms in total. The second-order valence-corrected chi connectivity index (χ2v) is 46.0. The van der Waals surface area contributed by atoms with E-state index in [2.05, 4.69) is 437 Å². The number of benzene rings is 20. The van der Waals surface area contributed by atoms with Crippen molar-refractivity contribution in [3.8, 4) is 0 Å². The Morgan fingerprint density at radius 3 is 0.659 bits per heavy atom. The maximum atomic E-state index is 7.04. The zero-order chi connectivity index (χ0) is 82.5. The lowest BCUT2D eigenvalue weighted by atomic mass is 9.78. The van der Waals surface area contributed by atoms with Gasteiger partial charge in [0.15, 0.2) is 22.3 Å². The van der Waals surface area contributed by atoms with Crippen LogP contribution in [-0.2, 0) is 5.41 Å². The first-order valence-electron chi connectivity index (χ1n) is 42.7. The van der Waals surface area contributed by atoms with Crippen molar-refractivity contribution >= 4 is 247 Å². The van der Waals surface area contributed by atoms with Crippen molar-refractivity contribution in [3.63, 3.8) is 0 Å². The number of hydrogen-bond acceptors (Lipinski definition) is 8. The van der Waals surface area contributed by atoms with E-state index < -0.39 is 21.6 Å². The quantitative estimate of drug-likeness (QED) is 0.0700. The van der Waals surface area contributed by atoms with Crippen molar-refractivity contribution in [2.45, 2.75) is 58.5 Å². The summed E-state index contributed by atoms with van der Waals surface area (Å²) in [5.41, 5.74) is 20.9. The molecule has 20 aromatic carbocycles. The maximum absolute atomic E-state index is 7.04. The van der Waals surface area contributed by atoms with E-state index in [4.69, 9.17) is 17.7 Å². The fourth-order valence-electron chi connectivity index (χ4n) is 20.0. The number of para-hydroxylation sites is 8. The molecular formula is C113H84N4O4Si2. The molecule has 0 aliphatic rings. The van der Waals surface area contributed by atoms with E-state index in [1.54, 1.807) is 0 Å². The molecule has 588 valence electrons. The molecule has 0 saturated carbocycles. The Kier molecular flexibility index (Phi) is 16.0. The van der Waals surface area contributed by atoms with Crippen LogP contribution < -0.4 is 30.0 Å². The van der Waals surface area contributed by atoms with Crippen LogP contribution in [0.2, 0.25) is 39.3 Å². The van der Waals surface area contributed by atoms with E-state index in [0.717, 1.165) is 188 Å². The van der Waals surface area contributed by atoms with E-state index >= 15 is 0 Å². The van der Waals surface area contributed by atoms with Crippen LogP contribution in [-0.4, -0.2) is 16.1 Å². The molecular weight excluding hydrogens is 1530 g/mol. The molecule has 123 heavy (non-hydrogen) atoms. The lowest BCUT2D eigenvalue weighted by Crippen LogP contribution is -2.37. The molecule has 24 aromatic rings. The van der Waals surface area contributed by atoms with Gasteiger partial charge in [-0.15, -0.1) is 0 Å². The number of hydrogen-bond donors (Lipinski definition) is 0. The average molecular weight is 1620 g/mol. The summed E-state index contributed by atoms with van der Waals surface area (Å²) < 4.78 is 27.9. The second kappa shape index (κ2) is 27.2.